The molecule has 2 aromatic rings. The third kappa shape index (κ3) is 2.94. The summed E-state index contributed by atoms with van der Waals surface area (Å²) in [5.41, 5.74) is 0.431. The van der Waals surface area contributed by atoms with Crippen molar-refractivity contribution >= 4 is 11.6 Å². The Morgan fingerprint density at radius 3 is 2.69 bits per heavy atom. The number of carbonyl (C=O) groups excluding carboxylic acids is 1. The molecule has 1 aromatic carbocycles. The number of carbonyl (C=O) groups is 1. The molecule has 1 amide bonds. The molecule has 0 spiro atoms. The van der Waals surface area contributed by atoms with E-state index >= 15 is 0 Å². The molecule has 1 N–H and O–H groups in total. The molecule has 2 bridgehead atoms. The molecule has 0 aliphatic carbocycles. The number of piperidine rings is 1. The van der Waals surface area contributed by atoms with Crippen LogP contribution in [0.1, 0.15) is 36.0 Å². The van der Waals surface area contributed by atoms with E-state index in [1.165, 1.54) is 23.4 Å². The zero-order valence-electron chi connectivity index (χ0n) is 14.4. The van der Waals surface area contributed by atoms with E-state index in [2.05, 4.69) is 15.4 Å². The number of amides is 1. The molecule has 26 heavy (non-hydrogen) atoms. The summed E-state index contributed by atoms with van der Waals surface area (Å²) < 4.78 is 1.32. The van der Waals surface area contributed by atoms with Gasteiger partial charge in [-0.1, -0.05) is 0 Å². The third-order valence-corrected chi connectivity index (χ3v) is 5.40. The maximum absolute atomic E-state index is 12.9. The molecule has 2 atom stereocenters. The normalized spacial score (nSPS) is 24.4. The zero-order valence-corrected chi connectivity index (χ0v) is 14.4. The van der Waals surface area contributed by atoms with E-state index in [9.17, 15) is 14.9 Å². The highest BCUT2D eigenvalue weighted by atomic mass is 16.6. The number of fused-ring (bicyclic) bond motifs is 2. The van der Waals surface area contributed by atoms with Crippen LogP contribution in [0.3, 0.4) is 0 Å². The minimum atomic E-state index is -0.501. The predicted molar refractivity (Wildman–Crippen MR) is 93.1 cm³/mol. The summed E-state index contributed by atoms with van der Waals surface area (Å²) in [6.07, 6.45) is 6.86. The van der Waals surface area contributed by atoms with Gasteiger partial charge in [0.05, 0.1) is 4.92 Å². The first kappa shape index (κ1) is 16.6. The quantitative estimate of drug-likeness (QED) is 0.658. The van der Waals surface area contributed by atoms with Gasteiger partial charge in [-0.3, -0.25) is 14.9 Å². The van der Waals surface area contributed by atoms with E-state index in [0.717, 1.165) is 25.7 Å². The van der Waals surface area contributed by atoms with Crippen LogP contribution >= 0.6 is 0 Å². The second-order valence-corrected chi connectivity index (χ2v) is 6.98. The van der Waals surface area contributed by atoms with Gasteiger partial charge in [0.25, 0.3) is 11.6 Å². The van der Waals surface area contributed by atoms with Crippen molar-refractivity contribution in [3.63, 3.8) is 0 Å². The summed E-state index contributed by atoms with van der Waals surface area (Å²) in [4.78, 5) is 29.4. The van der Waals surface area contributed by atoms with E-state index < -0.39 is 4.92 Å². The summed E-state index contributed by atoms with van der Waals surface area (Å²) in [7, 11) is 1.79. The second-order valence-electron chi connectivity index (χ2n) is 6.98. The van der Waals surface area contributed by atoms with Gasteiger partial charge in [-0.15, -0.1) is 0 Å². The number of benzene rings is 1. The van der Waals surface area contributed by atoms with E-state index in [4.69, 9.17) is 0 Å². The van der Waals surface area contributed by atoms with Crippen LogP contribution in [-0.4, -0.2) is 55.7 Å². The van der Waals surface area contributed by atoms with Gasteiger partial charge in [0.2, 0.25) is 0 Å². The van der Waals surface area contributed by atoms with Crippen molar-refractivity contribution in [3.05, 3.63) is 46.5 Å². The Morgan fingerprint density at radius 2 is 2.08 bits per heavy atom. The van der Waals surface area contributed by atoms with Crippen LogP contribution < -0.4 is 5.32 Å². The highest BCUT2D eigenvalue weighted by molar-refractivity contribution is 5.95. The van der Waals surface area contributed by atoms with Crippen molar-refractivity contribution in [2.24, 2.45) is 0 Å². The number of nitrogens with one attached hydrogen (secondary N) is 1. The van der Waals surface area contributed by atoms with Gasteiger partial charge in [0, 0.05) is 36.8 Å². The molecule has 2 saturated heterocycles. The molecule has 4 rings (SSSR count). The average molecular weight is 356 g/mol. The van der Waals surface area contributed by atoms with Gasteiger partial charge in [-0.05, 0) is 37.8 Å². The van der Waals surface area contributed by atoms with Crippen LogP contribution in [0.15, 0.2) is 30.9 Å². The molecule has 9 heteroatoms. The predicted octanol–water partition coefficient (Wildman–Crippen LogP) is 1.53. The van der Waals surface area contributed by atoms with Crippen LogP contribution in [0.25, 0.3) is 5.69 Å². The van der Waals surface area contributed by atoms with Crippen LogP contribution in [0.4, 0.5) is 5.69 Å². The van der Waals surface area contributed by atoms with Crippen molar-refractivity contribution < 1.29 is 9.72 Å². The highest BCUT2D eigenvalue weighted by Gasteiger charge is 2.36. The molecule has 2 aliphatic rings. The topological polar surface area (TPSA) is 106 Å². The maximum Gasteiger partial charge on any atom is 0.295 e. The monoisotopic (exact) mass is 356 g/mol. The number of hydrogen-bond acceptors (Lipinski definition) is 6. The molecule has 2 unspecified atom stereocenters. The lowest BCUT2D eigenvalue weighted by Crippen LogP contribution is -2.48. The summed E-state index contributed by atoms with van der Waals surface area (Å²) in [5.74, 6) is -0.190. The first-order valence-electron chi connectivity index (χ1n) is 8.69. The van der Waals surface area contributed by atoms with Gasteiger partial charge in [0.15, 0.2) is 0 Å². The first-order valence-corrected chi connectivity index (χ1v) is 8.69. The molecule has 9 nitrogen and oxygen atoms in total. The van der Waals surface area contributed by atoms with Gasteiger partial charge >= 0.3 is 0 Å². The molecule has 3 heterocycles. The van der Waals surface area contributed by atoms with Crippen LogP contribution in [-0.2, 0) is 0 Å². The van der Waals surface area contributed by atoms with E-state index in [0.29, 0.717) is 17.6 Å². The molecule has 0 saturated carbocycles. The number of aromatic nitrogens is 3. The van der Waals surface area contributed by atoms with E-state index in [1.54, 1.807) is 24.1 Å². The molecule has 0 radical (unpaired) electrons. The fraction of sp³-hybridized carbons (Fsp3) is 0.471. The fourth-order valence-corrected chi connectivity index (χ4v) is 4.04. The maximum atomic E-state index is 12.9. The lowest BCUT2D eigenvalue weighted by Gasteiger charge is -2.35. The van der Waals surface area contributed by atoms with Crippen molar-refractivity contribution in [2.75, 3.05) is 7.05 Å². The molecule has 2 aliphatic heterocycles. The van der Waals surface area contributed by atoms with Crippen LogP contribution in [0.2, 0.25) is 0 Å². The fourth-order valence-electron chi connectivity index (χ4n) is 4.04. The van der Waals surface area contributed by atoms with Crippen molar-refractivity contribution in [1.82, 2.24) is 25.0 Å². The van der Waals surface area contributed by atoms with Crippen molar-refractivity contribution in [3.8, 4) is 5.69 Å². The van der Waals surface area contributed by atoms with E-state index in [1.807, 2.05) is 0 Å². The smallest absolute Gasteiger partial charge is 0.295 e. The first-order chi connectivity index (χ1) is 12.5. The average Bonchev–Trinajstić information content (AvgIpc) is 3.29. The Hall–Kier alpha value is -2.81. The van der Waals surface area contributed by atoms with Crippen LogP contribution in [0.5, 0.6) is 0 Å². The highest BCUT2D eigenvalue weighted by Crippen LogP contribution is 2.30. The van der Waals surface area contributed by atoms with Gasteiger partial charge in [0.1, 0.15) is 18.3 Å². The number of rotatable bonds is 4. The molecular weight excluding hydrogens is 336 g/mol. The Labute approximate surface area is 150 Å². The minimum Gasteiger partial charge on any atom is -0.339 e. The van der Waals surface area contributed by atoms with E-state index in [-0.39, 0.29) is 23.3 Å². The lowest BCUT2D eigenvalue weighted by atomic mass is 9.98. The third-order valence-electron chi connectivity index (χ3n) is 5.40. The Balaban J connectivity index is 1.59. The molecule has 2 fully saturated rings. The lowest BCUT2D eigenvalue weighted by molar-refractivity contribution is -0.384. The standard InChI is InChI=1S/C17H20N6O3/c1-21(14-7-12-3-4-13(8-14)20-12)17(24)11-2-5-15(16(6-11)23(25)26)22-10-18-9-19-22/h2,5-6,9-10,12-14,20H,3-4,7-8H2,1H3. The van der Waals surface area contributed by atoms with Gasteiger partial charge in [-0.25, -0.2) is 9.67 Å². The Bertz CT molecular complexity index is 825. The summed E-state index contributed by atoms with van der Waals surface area (Å²) in [5, 5.41) is 19.0. The van der Waals surface area contributed by atoms with Crippen molar-refractivity contribution in [1.29, 1.82) is 0 Å². The number of nitrogens with zero attached hydrogens (tertiary/aromatic N) is 5. The number of hydrogen-bond donors (Lipinski definition) is 1. The Morgan fingerprint density at radius 1 is 1.35 bits per heavy atom. The van der Waals surface area contributed by atoms with Crippen LogP contribution in [0, 0.1) is 10.1 Å². The molecular formula is C17H20N6O3. The largest absolute Gasteiger partial charge is 0.339 e. The van der Waals surface area contributed by atoms with Gasteiger partial charge < -0.3 is 10.2 Å². The SMILES string of the molecule is CN(C(=O)c1ccc(-n2cncn2)c([N+](=O)[O-])c1)C1CC2CCC(C1)N2. The summed E-state index contributed by atoms with van der Waals surface area (Å²) in [6.45, 7) is 0. The minimum absolute atomic E-state index is 0.162. The molecule has 136 valence electrons. The summed E-state index contributed by atoms with van der Waals surface area (Å²) in [6, 6.07) is 5.58. The van der Waals surface area contributed by atoms with Crippen molar-refractivity contribution in [2.45, 2.75) is 43.8 Å². The zero-order chi connectivity index (χ0) is 18.3. The Kier molecular flexibility index (Phi) is 4.15. The molecule has 1 aromatic heterocycles. The number of nitro benzene ring substituents is 1. The number of nitro groups is 1. The van der Waals surface area contributed by atoms with Gasteiger partial charge in [-0.2, -0.15) is 5.10 Å². The second kappa shape index (κ2) is 6.49. The summed E-state index contributed by atoms with van der Waals surface area (Å²) >= 11 is 0.